The van der Waals surface area contributed by atoms with E-state index in [1.165, 1.54) is 39.0 Å². The summed E-state index contributed by atoms with van der Waals surface area (Å²) in [6.07, 6.45) is 2.65. The zero-order chi connectivity index (χ0) is 13.3. The van der Waals surface area contributed by atoms with Crippen LogP contribution in [0.5, 0.6) is 5.75 Å². The molecule has 1 spiro atoms. The molecule has 0 amide bonds. The lowest BCUT2D eigenvalue weighted by Gasteiger charge is -2.22. The number of aromatic nitrogens is 1. The van der Waals surface area contributed by atoms with E-state index in [2.05, 4.69) is 21.3 Å². The summed E-state index contributed by atoms with van der Waals surface area (Å²) in [5.41, 5.74) is 2.69. The number of hydrogen-bond acceptors (Lipinski definition) is 4. The van der Waals surface area contributed by atoms with Gasteiger partial charge in [0.1, 0.15) is 5.75 Å². The Morgan fingerprint density at radius 2 is 2.25 bits per heavy atom. The van der Waals surface area contributed by atoms with E-state index in [0.717, 1.165) is 23.7 Å². The number of rotatable bonds is 3. The quantitative estimate of drug-likeness (QED) is 0.926. The highest BCUT2D eigenvalue weighted by Gasteiger charge is 2.40. The van der Waals surface area contributed by atoms with Gasteiger partial charge in [-0.2, -0.15) is 0 Å². The second-order valence-corrected chi connectivity index (χ2v) is 6.03. The largest absolute Gasteiger partial charge is 0.497 e. The van der Waals surface area contributed by atoms with Gasteiger partial charge in [-0.05, 0) is 38.3 Å². The Bertz CT molecular complexity index is 460. The third-order valence-corrected chi connectivity index (χ3v) is 4.45. The second-order valence-electron chi connectivity index (χ2n) is 6.03. The molecular formula is C15H24ClN3O. The fourth-order valence-corrected chi connectivity index (χ4v) is 3.44. The predicted octanol–water partition coefficient (Wildman–Crippen LogP) is 2.01. The molecule has 112 valence electrons. The van der Waals surface area contributed by atoms with Gasteiger partial charge in [0.15, 0.2) is 0 Å². The normalized spacial score (nSPS) is 25.9. The first-order chi connectivity index (χ1) is 9.19. The molecule has 1 aromatic rings. The summed E-state index contributed by atoms with van der Waals surface area (Å²) in [6, 6.07) is 4.04. The molecule has 0 aromatic carbocycles. The molecule has 1 aromatic heterocycles. The first-order valence-electron chi connectivity index (χ1n) is 7.14. The third kappa shape index (κ3) is 3.25. The Balaban J connectivity index is 0.00000147. The van der Waals surface area contributed by atoms with Gasteiger partial charge in [-0.3, -0.25) is 9.88 Å². The van der Waals surface area contributed by atoms with Gasteiger partial charge in [0.25, 0.3) is 0 Å². The summed E-state index contributed by atoms with van der Waals surface area (Å²) in [7, 11) is 1.72. The van der Waals surface area contributed by atoms with Crippen LogP contribution in [0.2, 0.25) is 0 Å². The van der Waals surface area contributed by atoms with Crippen molar-refractivity contribution < 1.29 is 4.74 Å². The Hall–Kier alpha value is -0.840. The lowest BCUT2D eigenvalue weighted by atomic mass is 9.87. The van der Waals surface area contributed by atoms with Gasteiger partial charge in [-0.1, -0.05) is 0 Å². The summed E-state index contributed by atoms with van der Waals surface area (Å²) in [4.78, 5) is 7.16. The highest BCUT2D eigenvalue weighted by molar-refractivity contribution is 5.85. The molecule has 0 saturated carbocycles. The van der Waals surface area contributed by atoms with Crippen LogP contribution in [-0.4, -0.2) is 43.2 Å². The Labute approximate surface area is 127 Å². The van der Waals surface area contributed by atoms with Crippen molar-refractivity contribution in [3.63, 3.8) is 0 Å². The van der Waals surface area contributed by atoms with Gasteiger partial charge < -0.3 is 10.1 Å². The van der Waals surface area contributed by atoms with Gasteiger partial charge in [-0.15, -0.1) is 12.4 Å². The van der Waals surface area contributed by atoms with E-state index in [1.54, 1.807) is 7.11 Å². The van der Waals surface area contributed by atoms with E-state index in [1.807, 2.05) is 13.0 Å². The fraction of sp³-hybridized carbons (Fsp3) is 0.667. The number of methoxy groups -OCH3 is 1. The molecule has 4 nitrogen and oxygen atoms in total. The summed E-state index contributed by atoms with van der Waals surface area (Å²) < 4.78 is 5.32. The second kappa shape index (κ2) is 6.29. The number of aryl methyl sites for hydroxylation is 1. The smallest absolute Gasteiger partial charge is 0.122 e. The maximum Gasteiger partial charge on any atom is 0.122 e. The minimum absolute atomic E-state index is 0. The van der Waals surface area contributed by atoms with E-state index < -0.39 is 0 Å². The zero-order valence-electron chi connectivity index (χ0n) is 12.3. The summed E-state index contributed by atoms with van der Waals surface area (Å²) in [5, 5.41) is 3.50. The number of pyridine rings is 1. The van der Waals surface area contributed by atoms with E-state index in [-0.39, 0.29) is 12.4 Å². The molecule has 1 unspecified atom stereocenters. The first kappa shape index (κ1) is 15.5. The molecule has 0 radical (unpaired) electrons. The number of hydrogen-bond donors (Lipinski definition) is 1. The summed E-state index contributed by atoms with van der Waals surface area (Å²) in [5.74, 6) is 0.916. The molecule has 3 heterocycles. The van der Waals surface area contributed by atoms with Crippen LogP contribution in [-0.2, 0) is 6.54 Å². The molecule has 2 fully saturated rings. The molecule has 1 N–H and O–H groups in total. The Kier molecular flexibility index (Phi) is 4.89. The minimum Gasteiger partial charge on any atom is -0.497 e. The van der Waals surface area contributed by atoms with E-state index in [9.17, 15) is 0 Å². The standard InChI is InChI=1S/C15H23N3O.ClH/c1-12-7-14(19-2)8-13(17-12)9-18-6-4-15(11-18)3-5-16-10-15;/h7-8,16H,3-6,9-11H2,1-2H3;1H. The van der Waals surface area contributed by atoms with Crippen molar-refractivity contribution in [1.82, 2.24) is 15.2 Å². The molecule has 2 saturated heterocycles. The van der Waals surface area contributed by atoms with Crippen molar-refractivity contribution in [2.24, 2.45) is 5.41 Å². The number of halogens is 1. The Morgan fingerprint density at radius 1 is 1.40 bits per heavy atom. The van der Waals surface area contributed by atoms with Gasteiger partial charge in [0.05, 0.1) is 12.8 Å². The van der Waals surface area contributed by atoms with Crippen LogP contribution in [0, 0.1) is 12.3 Å². The van der Waals surface area contributed by atoms with Crippen molar-refractivity contribution in [3.8, 4) is 5.75 Å². The van der Waals surface area contributed by atoms with Gasteiger partial charge >= 0.3 is 0 Å². The van der Waals surface area contributed by atoms with Gasteiger partial charge in [0, 0.05) is 37.5 Å². The zero-order valence-corrected chi connectivity index (χ0v) is 13.1. The number of nitrogens with zero attached hydrogens (tertiary/aromatic N) is 2. The van der Waals surface area contributed by atoms with Crippen molar-refractivity contribution in [3.05, 3.63) is 23.5 Å². The minimum atomic E-state index is 0. The van der Waals surface area contributed by atoms with Crippen molar-refractivity contribution in [2.45, 2.75) is 26.3 Å². The van der Waals surface area contributed by atoms with Crippen LogP contribution < -0.4 is 10.1 Å². The average molecular weight is 298 g/mol. The third-order valence-electron chi connectivity index (χ3n) is 4.45. The topological polar surface area (TPSA) is 37.4 Å². The molecular weight excluding hydrogens is 274 g/mol. The summed E-state index contributed by atoms with van der Waals surface area (Å²) >= 11 is 0. The van der Waals surface area contributed by atoms with Crippen LogP contribution >= 0.6 is 12.4 Å². The molecule has 5 heteroatoms. The van der Waals surface area contributed by atoms with Crippen LogP contribution in [0.4, 0.5) is 0 Å². The SMILES string of the molecule is COc1cc(C)nc(CN2CCC3(CCNC3)C2)c1.Cl. The van der Waals surface area contributed by atoms with Crippen LogP contribution in [0.1, 0.15) is 24.2 Å². The molecule has 1 atom stereocenters. The van der Waals surface area contributed by atoms with Gasteiger partial charge in [0.2, 0.25) is 0 Å². The maximum absolute atomic E-state index is 5.32. The van der Waals surface area contributed by atoms with Crippen molar-refractivity contribution >= 4 is 12.4 Å². The van der Waals surface area contributed by atoms with E-state index >= 15 is 0 Å². The molecule has 3 rings (SSSR count). The predicted molar refractivity (Wildman–Crippen MR) is 82.6 cm³/mol. The molecule has 0 bridgehead atoms. The van der Waals surface area contributed by atoms with Crippen molar-refractivity contribution in [1.29, 1.82) is 0 Å². The Morgan fingerprint density at radius 3 is 2.95 bits per heavy atom. The lowest BCUT2D eigenvalue weighted by molar-refractivity contribution is 0.266. The fourth-order valence-electron chi connectivity index (χ4n) is 3.44. The highest BCUT2D eigenvalue weighted by atomic mass is 35.5. The monoisotopic (exact) mass is 297 g/mol. The summed E-state index contributed by atoms with van der Waals surface area (Å²) in [6.45, 7) is 7.74. The maximum atomic E-state index is 5.32. The van der Waals surface area contributed by atoms with Crippen LogP contribution in [0.15, 0.2) is 12.1 Å². The molecule has 2 aliphatic rings. The molecule has 2 aliphatic heterocycles. The first-order valence-corrected chi connectivity index (χ1v) is 7.14. The lowest BCUT2D eigenvalue weighted by Crippen LogP contribution is -2.29. The number of nitrogens with one attached hydrogen (secondary N) is 1. The van der Waals surface area contributed by atoms with Crippen molar-refractivity contribution in [2.75, 3.05) is 33.3 Å². The van der Waals surface area contributed by atoms with Gasteiger partial charge in [-0.25, -0.2) is 0 Å². The molecule has 0 aliphatic carbocycles. The number of ether oxygens (including phenoxy) is 1. The van der Waals surface area contributed by atoms with E-state index in [0.29, 0.717) is 5.41 Å². The van der Waals surface area contributed by atoms with Crippen LogP contribution in [0.25, 0.3) is 0 Å². The highest BCUT2D eigenvalue weighted by Crippen LogP contribution is 2.36. The average Bonchev–Trinajstić information content (AvgIpc) is 3.00. The van der Waals surface area contributed by atoms with Crippen LogP contribution in [0.3, 0.4) is 0 Å². The van der Waals surface area contributed by atoms with E-state index in [4.69, 9.17) is 4.74 Å². The molecule has 20 heavy (non-hydrogen) atoms. The number of likely N-dealkylation sites (tertiary alicyclic amines) is 1.